The summed E-state index contributed by atoms with van der Waals surface area (Å²) in [5.41, 5.74) is 6.87. The summed E-state index contributed by atoms with van der Waals surface area (Å²) in [6.45, 7) is 0. The summed E-state index contributed by atoms with van der Waals surface area (Å²) < 4.78 is 0. The van der Waals surface area contributed by atoms with E-state index in [2.05, 4.69) is 0 Å². The SMILES string of the molecule is Cl.N[C@@H](CC1CC1)c1c(Cl)ccc(Cl)c1Cl. The molecule has 2 rings (SSSR count). The molecule has 0 aromatic heterocycles. The van der Waals surface area contributed by atoms with Crippen LogP contribution in [0.3, 0.4) is 0 Å². The third kappa shape index (κ3) is 3.18. The van der Waals surface area contributed by atoms with E-state index >= 15 is 0 Å². The molecule has 1 fully saturated rings. The number of nitrogens with two attached hydrogens (primary N) is 1. The summed E-state index contributed by atoms with van der Waals surface area (Å²) in [5.74, 6) is 0.742. The highest BCUT2D eigenvalue weighted by atomic mass is 35.5. The van der Waals surface area contributed by atoms with Gasteiger partial charge in [-0.25, -0.2) is 0 Å². The van der Waals surface area contributed by atoms with Gasteiger partial charge in [0.1, 0.15) is 0 Å². The van der Waals surface area contributed by atoms with E-state index in [1.165, 1.54) is 12.8 Å². The second-order valence-electron chi connectivity index (χ2n) is 4.04. The normalized spacial score (nSPS) is 16.8. The summed E-state index contributed by atoms with van der Waals surface area (Å²) >= 11 is 18.1. The first kappa shape index (κ1) is 14.4. The van der Waals surface area contributed by atoms with E-state index in [1.807, 2.05) is 0 Å². The molecule has 2 N–H and O–H groups in total. The van der Waals surface area contributed by atoms with Crippen molar-refractivity contribution in [2.24, 2.45) is 11.7 Å². The second kappa shape index (κ2) is 5.79. The average molecular weight is 301 g/mol. The lowest BCUT2D eigenvalue weighted by Gasteiger charge is -2.15. The van der Waals surface area contributed by atoms with Crippen LogP contribution in [0.2, 0.25) is 15.1 Å². The van der Waals surface area contributed by atoms with E-state index < -0.39 is 0 Å². The van der Waals surface area contributed by atoms with Gasteiger partial charge in [-0.05, 0) is 24.5 Å². The second-order valence-corrected chi connectivity index (χ2v) is 5.23. The highest BCUT2D eigenvalue weighted by Gasteiger charge is 2.26. The lowest BCUT2D eigenvalue weighted by Crippen LogP contribution is -2.12. The molecule has 0 unspecified atom stereocenters. The third-order valence-electron chi connectivity index (χ3n) is 2.73. The van der Waals surface area contributed by atoms with Crippen LogP contribution in [-0.2, 0) is 0 Å². The molecule has 90 valence electrons. The first-order valence-electron chi connectivity index (χ1n) is 4.98. The lowest BCUT2D eigenvalue weighted by molar-refractivity contribution is 0.597. The van der Waals surface area contributed by atoms with Gasteiger partial charge < -0.3 is 5.73 Å². The van der Waals surface area contributed by atoms with Crippen molar-refractivity contribution < 1.29 is 0 Å². The fourth-order valence-corrected chi connectivity index (χ4v) is 2.53. The Hall–Kier alpha value is 0.340. The first-order chi connectivity index (χ1) is 7.09. The topological polar surface area (TPSA) is 26.0 Å². The Morgan fingerprint density at radius 2 is 1.75 bits per heavy atom. The zero-order valence-electron chi connectivity index (χ0n) is 8.55. The molecule has 0 saturated heterocycles. The average Bonchev–Trinajstić information content (AvgIpc) is 2.96. The van der Waals surface area contributed by atoms with Gasteiger partial charge in [-0.15, -0.1) is 12.4 Å². The summed E-state index contributed by atoms with van der Waals surface area (Å²) in [6.07, 6.45) is 3.48. The Morgan fingerprint density at radius 1 is 1.19 bits per heavy atom. The number of hydrogen-bond donors (Lipinski definition) is 1. The molecule has 1 aromatic rings. The molecule has 16 heavy (non-hydrogen) atoms. The van der Waals surface area contributed by atoms with Crippen molar-refractivity contribution in [3.63, 3.8) is 0 Å². The van der Waals surface area contributed by atoms with Gasteiger partial charge in [0.05, 0.1) is 10.0 Å². The third-order valence-corrected chi connectivity index (χ3v) is 3.88. The predicted octanol–water partition coefficient (Wildman–Crippen LogP) is 4.87. The summed E-state index contributed by atoms with van der Waals surface area (Å²) in [7, 11) is 0. The van der Waals surface area contributed by atoms with Gasteiger partial charge in [0.15, 0.2) is 0 Å². The smallest absolute Gasteiger partial charge is 0.0654 e. The molecular formula is C11H13Cl4N. The minimum Gasteiger partial charge on any atom is -0.324 e. The Kier molecular flexibility index (Phi) is 5.21. The van der Waals surface area contributed by atoms with E-state index in [9.17, 15) is 0 Å². The molecule has 1 aliphatic carbocycles. The summed E-state index contributed by atoms with van der Waals surface area (Å²) in [4.78, 5) is 0. The van der Waals surface area contributed by atoms with Crippen molar-refractivity contribution in [2.75, 3.05) is 0 Å². The molecule has 1 aromatic carbocycles. The quantitative estimate of drug-likeness (QED) is 0.792. The Morgan fingerprint density at radius 3 is 2.31 bits per heavy atom. The molecule has 1 nitrogen and oxygen atoms in total. The zero-order valence-corrected chi connectivity index (χ0v) is 11.6. The van der Waals surface area contributed by atoms with E-state index in [0.717, 1.165) is 17.9 Å². The molecule has 0 radical (unpaired) electrons. The van der Waals surface area contributed by atoms with Crippen LogP contribution in [0, 0.1) is 5.92 Å². The van der Waals surface area contributed by atoms with E-state index in [4.69, 9.17) is 40.5 Å². The van der Waals surface area contributed by atoms with Crippen molar-refractivity contribution in [3.05, 3.63) is 32.8 Å². The number of rotatable bonds is 3. The number of hydrogen-bond acceptors (Lipinski definition) is 1. The van der Waals surface area contributed by atoms with Crippen molar-refractivity contribution in [2.45, 2.75) is 25.3 Å². The van der Waals surface area contributed by atoms with Crippen LogP contribution in [0.1, 0.15) is 30.9 Å². The lowest BCUT2D eigenvalue weighted by atomic mass is 10.0. The van der Waals surface area contributed by atoms with E-state index in [0.29, 0.717) is 15.1 Å². The predicted molar refractivity (Wildman–Crippen MR) is 73.0 cm³/mol. The van der Waals surface area contributed by atoms with Gasteiger partial charge in [0.2, 0.25) is 0 Å². The minimum atomic E-state index is -0.101. The summed E-state index contributed by atoms with van der Waals surface area (Å²) in [6, 6.07) is 3.34. The molecule has 0 spiro atoms. The van der Waals surface area contributed by atoms with Crippen molar-refractivity contribution in [1.29, 1.82) is 0 Å². The number of halogens is 4. The highest BCUT2D eigenvalue weighted by Crippen LogP contribution is 2.41. The van der Waals surface area contributed by atoms with Crippen molar-refractivity contribution >= 4 is 47.2 Å². The molecule has 0 aliphatic heterocycles. The zero-order chi connectivity index (χ0) is 11.0. The fourth-order valence-electron chi connectivity index (χ4n) is 1.71. The Labute approximate surface area is 117 Å². The van der Waals surface area contributed by atoms with Gasteiger partial charge in [-0.1, -0.05) is 47.6 Å². The van der Waals surface area contributed by atoms with E-state index in [-0.39, 0.29) is 18.4 Å². The van der Waals surface area contributed by atoms with Gasteiger partial charge in [-0.3, -0.25) is 0 Å². The van der Waals surface area contributed by atoms with Gasteiger partial charge in [0, 0.05) is 16.6 Å². The van der Waals surface area contributed by atoms with Crippen LogP contribution in [0.4, 0.5) is 0 Å². The van der Waals surface area contributed by atoms with Gasteiger partial charge >= 0.3 is 0 Å². The van der Waals surface area contributed by atoms with Gasteiger partial charge in [-0.2, -0.15) is 0 Å². The highest BCUT2D eigenvalue weighted by molar-refractivity contribution is 6.44. The molecule has 1 atom stereocenters. The first-order valence-corrected chi connectivity index (χ1v) is 6.12. The Balaban J connectivity index is 0.00000128. The Bertz CT molecular complexity index is 376. The van der Waals surface area contributed by atoms with Crippen LogP contribution >= 0.6 is 47.2 Å². The van der Waals surface area contributed by atoms with Crippen molar-refractivity contribution in [3.8, 4) is 0 Å². The summed E-state index contributed by atoms with van der Waals surface area (Å²) in [5, 5.41) is 1.62. The monoisotopic (exact) mass is 299 g/mol. The van der Waals surface area contributed by atoms with Gasteiger partial charge in [0.25, 0.3) is 0 Å². The van der Waals surface area contributed by atoms with Crippen LogP contribution < -0.4 is 5.73 Å². The molecule has 0 heterocycles. The maximum Gasteiger partial charge on any atom is 0.0654 e. The van der Waals surface area contributed by atoms with Crippen molar-refractivity contribution in [1.82, 2.24) is 0 Å². The maximum absolute atomic E-state index is 6.10. The molecular weight excluding hydrogens is 288 g/mol. The van der Waals surface area contributed by atoms with Crippen LogP contribution in [0.25, 0.3) is 0 Å². The molecule has 0 amide bonds. The molecule has 1 aliphatic rings. The molecule has 0 bridgehead atoms. The fraction of sp³-hybridized carbons (Fsp3) is 0.455. The largest absolute Gasteiger partial charge is 0.324 e. The molecule has 1 saturated carbocycles. The van der Waals surface area contributed by atoms with E-state index in [1.54, 1.807) is 12.1 Å². The van der Waals surface area contributed by atoms with Crippen LogP contribution in [0.5, 0.6) is 0 Å². The van der Waals surface area contributed by atoms with Crippen LogP contribution in [-0.4, -0.2) is 0 Å². The van der Waals surface area contributed by atoms with Crippen LogP contribution in [0.15, 0.2) is 12.1 Å². The number of benzene rings is 1. The minimum absolute atomic E-state index is 0. The molecule has 5 heteroatoms. The maximum atomic E-state index is 6.10. The standard InChI is InChI=1S/C11H12Cl3N.ClH/c12-7-3-4-8(13)11(14)10(7)9(15)5-6-1-2-6;/h3-4,6,9H,1-2,5,15H2;1H/t9-;/m0./s1.